The fourth-order valence-electron chi connectivity index (χ4n) is 2.11. The van der Waals surface area contributed by atoms with E-state index in [2.05, 4.69) is 16.4 Å². The van der Waals surface area contributed by atoms with Crippen LogP contribution >= 0.6 is 11.3 Å². The van der Waals surface area contributed by atoms with Crippen molar-refractivity contribution in [3.8, 4) is 0 Å². The van der Waals surface area contributed by atoms with Crippen LogP contribution in [0.5, 0.6) is 0 Å². The van der Waals surface area contributed by atoms with Gasteiger partial charge in [-0.05, 0) is 46.0 Å². The molecule has 1 aliphatic carbocycles. The predicted molar refractivity (Wildman–Crippen MR) is 75.1 cm³/mol. The number of hydrogen-bond acceptors (Lipinski definition) is 3. The second kappa shape index (κ2) is 6.14. The van der Waals surface area contributed by atoms with E-state index in [9.17, 15) is 4.79 Å². The molecular formula is C14H20N2OS. The van der Waals surface area contributed by atoms with Crippen molar-refractivity contribution in [1.29, 1.82) is 0 Å². The largest absolute Gasteiger partial charge is 0.350 e. The van der Waals surface area contributed by atoms with Gasteiger partial charge in [0.15, 0.2) is 5.01 Å². The number of amides is 1. The van der Waals surface area contributed by atoms with Crippen LogP contribution in [0.4, 0.5) is 0 Å². The molecule has 0 saturated heterocycles. The summed E-state index contributed by atoms with van der Waals surface area (Å²) in [4.78, 5) is 17.3. The van der Waals surface area contributed by atoms with Crippen molar-refractivity contribution >= 4 is 17.2 Å². The Labute approximate surface area is 112 Å². The first kappa shape index (κ1) is 13.3. The van der Waals surface area contributed by atoms with Gasteiger partial charge in [0.25, 0.3) is 5.91 Å². The van der Waals surface area contributed by atoms with E-state index in [0.717, 1.165) is 23.5 Å². The highest BCUT2D eigenvalue weighted by Gasteiger charge is 2.12. The fraction of sp³-hybridized carbons (Fsp3) is 0.571. The van der Waals surface area contributed by atoms with E-state index in [-0.39, 0.29) is 5.91 Å². The van der Waals surface area contributed by atoms with E-state index in [0.29, 0.717) is 5.01 Å². The van der Waals surface area contributed by atoms with Crippen molar-refractivity contribution in [3.63, 3.8) is 0 Å². The summed E-state index contributed by atoms with van der Waals surface area (Å²) in [5.74, 6) is -0.0346. The lowest BCUT2D eigenvalue weighted by molar-refractivity contribution is 0.0953. The summed E-state index contributed by atoms with van der Waals surface area (Å²) >= 11 is 1.47. The van der Waals surface area contributed by atoms with Crippen molar-refractivity contribution in [3.05, 3.63) is 27.2 Å². The monoisotopic (exact) mass is 264 g/mol. The predicted octanol–water partition coefficient (Wildman–Crippen LogP) is 3.38. The quantitative estimate of drug-likeness (QED) is 0.847. The molecule has 0 bridgehead atoms. The Kier molecular flexibility index (Phi) is 4.53. The van der Waals surface area contributed by atoms with Crippen LogP contribution in [0.25, 0.3) is 0 Å². The summed E-state index contributed by atoms with van der Waals surface area (Å²) in [6.07, 6.45) is 8.32. The topological polar surface area (TPSA) is 42.0 Å². The molecule has 1 aromatic heterocycles. The van der Waals surface area contributed by atoms with Crippen LogP contribution in [0.15, 0.2) is 11.6 Å². The van der Waals surface area contributed by atoms with Crippen LogP contribution in [-0.2, 0) is 0 Å². The molecular weight excluding hydrogens is 244 g/mol. The smallest absolute Gasteiger partial charge is 0.280 e. The molecule has 0 atom stereocenters. The zero-order chi connectivity index (χ0) is 13.0. The molecule has 1 aromatic rings. The number of hydrogen-bond donors (Lipinski definition) is 1. The minimum absolute atomic E-state index is 0.0346. The Morgan fingerprint density at radius 1 is 1.44 bits per heavy atom. The highest BCUT2D eigenvalue weighted by Crippen LogP contribution is 2.20. The Hall–Kier alpha value is -1.16. The van der Waals surface area contributed by atoms with Gasteiger partial charge in [0.2, 0.25) is 0 Å². The lowest BCUT2D eigenvalue weighted by Gasteiger charge is -2.12. The second-order valence-electron chi connectivity index (χ2n) is 4.77. The first-order valence-electron chi connectivity index (χ1n) is 6.57. The van der Waals surface area contributed by atoms with Gasteiger partial charge in [0, 0.05) is 11.4 Å². The molecule has 1 aliphatic rings. The number of carbonyl (C=O) groups is 1. The number of nitrogens with zero attached hydrogens (tertiary/aromatic N) is 1. The first-order valence-corrected chi connectivity index (χ1v) is 7.38. The molecule has 0 aromatic carbocycles. The average molecular weight is 264 g/mol. The van der Waals surface area contributed by atoms with E-state index in [1.807, 2.05) is 13.8 Å². The van der Waals surface area contributed by atoms with Crippen molar-refractivity contribution in [2.45, 2.75) is 46.0 Å². The maximum atomic E-state index is 11.9. The lowest BCUT2D eigenvalue weighted by Crippen LogP contribution is -2.24. The molecule has 98 valence electrons. The Bertz CT molecular complexity index is 443. The third kappa shape index (κ3) is 3.42. The van der Waals surface area contributed by atoms with Crippen LogP contribution < -0.4 is 5.32 Å². The molecule has 0 aliphatic heterocycles. The molecule has 0 radical (unpaired) electrons. The molecule has 0 unspecified atom stereocenters. The van der Waals surface area contributed by atoms with Gasteiger partial charge in [-0.15, -0.1) is 11.3 Å². The van der Waals surface area contributed by atoms with E-state index in [1.165, 1.54) is 42.6 Å². The number of nitrogens with one attached hydrogen (secondary N) is 1. The van der Waals surface area contributed by atoms with Gasteiger partial charge in [-0.2, -0.15) is 0 Å². The van der Waals surface area contributed by atoms with Crippen molar-refractivity contribution < 1.29 is 4.79 Å². The Morgan fingerprint density at radius 3 is 2.89 bits per heavy atom. The van der Waals surface area contributed by atoms with E-state index in [1.54, 1.807) is 0 Å². The van der Waals surface area contributed by atoms with Crippen LogP contribution in [0.1, 0.15) is 52.5 Å². The third-order valence-corrected chi connectivity index (χ3v) is 4.41. The molecule has 0 spiro atoms. The maximum Gasteiger partial charge on any atom is 0.280 e. The zero-order valence-electron chi connectivity index (χ0n) is 11.1. The number of aryl methyl sites for hydroxylation is 2. The standard InChI is InChI=1S/C14H20N2OS/c1-10-11(2)18-14(16-10)13(17)15-9-8-12-6-4-3-5-7-12/h6H,3-5,7-9H2,1-2H3,(H,15,17). The molecule has 4 heteroatoms. The number of carbonyl (C=O) groups excluding carboxylic acids is 1. The van der Waals surface area contributed by atoms with Crippen molar-refractivity contribution in [2.24, 2.45) is 0 Å². The van der Waals surface area contributed by atoms with Crippen molar-refractivity contribution in [1.82, 2.24) is 10.3 Å². The van der Waals surface area contributed by atoms with E-state index in [4.69, 9.17) is 0 Å². The van der Waals surface area contributed by atoms with Crippen LogP contribution in [0.2, 0.25) is 0 Å². The van der Waals surface area contributed by atoms with Crippen LogP contribution in [0, 0.1) is 13.8 Å². The van der Waals surface area contributed by atoms with Gasteiger partial charge >= 0.3 is 0 Å². The van der Waals surface area contributed by atoms with Gasteiger partial charge < -0.3 is 5.32 Å². The zero-order valence-corrected chi connectivity index (χ0v) is 11.9. The third-order valence-electron chi connectivity index (χ3n) is 3.34. The maximum absolute atomic E-state index is 11.9. The average Bonchev–Trinajstić information content (AvgIpc) is 2.71. The summed E-state index contributed by atoms with van der Waals surface area (Å²) in [5.41, 5.74) is 2.45. The minimum Gasteiger partial charge on any atom is -0.350 e. The second-order valence-corrected chi connectivity index (χ2v) is 5.98. The lowest BCUT2D eigenvalue weighted by atomic mass is 9.97. The van der Waals surface area contributed by atoms with E-state index >= 15 is 0 Å². The summed E-state index contributed by atoms with van der Waals surface area (Å²) in [6, 6.07) is 0. The van der Waals surface area contributed by atoms with Crippen LogP contribution in [0.3, 0.4) is 0 Å². The molecule has 0 fully saturated rings. The molecule has 0 saturated carbocycles. The Morgan fingerprint density at radius 2 is 2.28 bits per heavy atom. The number of allylic oxidation sites excluding steroid dienone is 1. The molecule has 1 N–H and O–H groups in total. The summed E-state index contributed by atoms with van der Waals surface area (Å²) in [7, 11) is 0. The van der Waals surface area contributed by atoms with Gasteiger partial charge in [0.1, 0.15) is 0 Å². The normalized spacial score (nSPS) is 15.3. The summed E-state index contributed by atoms with van der Waals surface area (Å²) in [5, 5.41) is 3.54. The molecule has 1 heterocycles. The number of rotatable bonds is 4. The Balaban J connectivity index is 1.79. The summed E-state index contributed by atoms with van der Waals surface area (Å²) in [6.45, 7) is 4.66. The number of aromatic nitrogens is 1. The van der Waals surface area contributed by atoms with Gasteiger partial charge in [-0.3, -0.25) is 4.79 Å². The van der Waals surface area contributed by atoms with Crippen molar-refractivity contribution in [2.75, 3.05) is 6.54 Å². The fourth-order valence-corrected chi connectivity index (χ4v) is 2.94. The highest BCUT2D eigenvalue weighted by atomic mass is 32.1. The van der Waals surface area contributed by atoms with Crippen LogP contribution in [-0.4, -0.2) is 17.4 Å². The van der Waals surface area contributed by atoms with E-state index < -0.39 is 0 Å². The molecule has 18 heavy (non-hydrogen) atoms. The summed E-state index contributed by atoms with van der Waals surface area (Å²) < 4.78 is 0. The van der Waals surface area contributed by atoms with Gasteiger partial charge in [-0.25, -0.2) is 4.98 Å². The molecule has 3 nitrogen and oxygen atoms in total. The first-order chi connectivity index (χ1) is 8.66. The minimum atomic E-state index is -0.0346. The highest BCUT2D eigenvalue weighted by molar-refractivity contribution is 7.13. The van der Waals surface area contributed by atoms with Gasteiger partial charge in [0.05, 0.1) is 5.69 Å². The molecule has 2 rings (SSSR count). The van der Waals surface area contributed by atoms with Gasteiger partial charge in [-0.1, -0.05) is 11.6 Å². The SMILES string of the molecule is Cc1nc(C(=O)NCCC2=CCCCC2)sc1C. The molecule has 1 amide bonds. The number of thiazole rings is 1.